The number of para-hydroxylation sites is 1. The maximum Gasteiger partial charge on any atom is 0.276 e. The third-order valence-electron chi connectivity index (χ3n) is 2.93. The fourth-order valence-electron chi connectivity index (χ4n) is 1.97. The number of carbonyl (C=O) groups excluding carboxylic acids is 1. The van der Waals surface area contributed by atoms with E-state index in [-0.39, 0.29) is 5.69 Å². The molecule has 0 aliphatic rings. The molecule has 102 valence electrons. The van der Waals surface area contributed by atoms with Crippen LogP contribution >= 0.6 is 0 Å². The molecule has 3 rings (SSSR count). The summed E-state index contributed by atoms with van der Waals surface area (Å²) in [6.45, 7) is 0. The molecule has 1 N–H and O–H groups in total. The topological polar surface area (TPSA) is 54.9 Å². The normalized spacial score (nSPS) is 10.8. The molecule has 1 aromatic heterocycles. The van der Waals surface area contributed by atoms with Crippen LogP contribution in [-0.2, 0) is 0 Å². The molecule has 1 heterocycles. The number of amides is 1. The molecule has 0 saturated heterocycles. The monoisotopic (exact) mass is 276 g/mol. The highest BCUT2D eigenvalue weighted by Gasteiger charge is 2.15. The summed E-state index contributed by atoms with van der Waals surface area (Å²) in [7, 11) is 0. The Kier molecular flexibility index (Phi) is 3.35. The molecular formula is C17H13N3O. The zero-order chi connectivity index (χ0) is 15.4. The highest BCUT2D eigenvalue weighted by Crippen LogP contribution is 2.20. The second kappa shape index (κ2) is 5.96. The summed E-state index contributed by atoms with van der Waals surface area (Å²) >= 11 is 0. The van der Waals surface area contributed by atoms with Crippen LogP contribution in [0, 0.1) is 0 Å². The van der Waals surface area contributed by atoms with E-state index in [0.29, 0.717) is 11.4 Å². The number of nitrogens with one attached hydrogen (secondary N) is 1. The summed E-state index contributed by atoms with van der Waals surface area (Å²) in [5.74, 6) is -0.516. The molecule has 0 unspecified atom stereocenters. The predicted molar refractivity (Wildman–Crippen MR) is 81.9 cm³/mol. The average molecular weight is 276 g/mol. The van der Waals surface area contributed by atoms with Crippen LogP contribution in [0.3, 0.4) is 0 Å². The number of rotatable bonds is 3. The fraction of sp³-hybridized carbons (Fsp3) is 0. The molecule has 3 aromatic rings. The van der Waals surface area contributed by atoms with Crippen molar-refractivity contribution in [2.24, 2.45) is 0 Å². The van der Waals surface area contributed by atoms with Crippen LogP contribution < -0.4 is 5.31 Å². The van der Waals surface area contributed by atoms with Crippen LogP contribution in [0.15, 0.2) is 73.1 Å². The standard InChI is InChI=1S/C17H13N3O/c21-17(20-14-9-5-2-6-10-14)16-15(18-11-12-19-16)13-7-3-1-4-8-13/h1-12H,(H,20,21)/i/hD. The molecule has 0 saturated carbocycles. The Labute approximate surface area is 124 Å². The van der Waals surface area contributed by atoms with Crippen molar-refractivity contribution < 1.29 is 6.21 Å². The van der Waals surface area contributed by atoms with Crippen molar-refractivity contribution in [1.82, 2.24) is 9.97 Å². The van der Waals surface area contributed by atoms with E-state index in [1.165, 1.54) is 12.4 Å². The SMILES string of the molecule is [2H]N(C(=O)c1nccnc1-c1ccccc1)c1ccccc1. The number of benzene rings is 2. The van der Waals surface area contributed by atoms with Crippen LogP contribution in [0.25, 0.3) is 11.3 Å². The summed E-state index contributed by atoms with van der Waals surface area (Å²) < 4.78 is 8.03. The Bertz CT molecular complexity index is 778. The number of anilines is 1. The van der Waals surface area contributed by atoms with E-state index in [2.05, 4.69) is 9.97 Å². The van der Waals surface area contributed by atoms with Gasteiger partial charge in [-0.3, -0.25) is 9.78 Å². The van der Waals surface area contributed by atoms with Gasteiger partial charge in [0, 0.05) is 23.6 Å². The van der Waals surface area contributed by atoms with Crippen molar-refractivity contribution in [3.8, 4) is 11.3 Å². The Hall–Kier alpha value is -3.01. The Morgan fingerprint density at radius 1 is 0.905 bits per heavy atom. The molecule has 0 spiro atoms. The highest BCUT2D eigenvalue weighted by atomic mass is 16.1. The van der Waals surface area contributed by atoms with Crippen LogP contribution in [0.5, 0.6) is 0 Å². The zero-order valence-corrected chi connectivity index (χ0v) is 11.2. The van der Waals surface area contributed by atoms with Crippen molar-refractivity contribution in [3.05, 3.63) is 78.8 Å². The molecule has 0 aliphatic carbocycles. The number of nitrogens with zero attached hydrogens (tertiary/aromatic N) is 2. The van der Waals surface area contributed by atoms with Gasteiger partial charge in [-0.1, -0.05) is 48.5 Å². The van der Waals surface area contributed by atoms with Crippen molar-refractivity contribution in [3.63, 3.8) is 0 Å². The van der Waals surface area contributed by atoms with Gasteiger partial charge in [-0.25, -0.2) is 4.98 Å². The van der Waals surface area contributed by atoms with Gasteiger partial charge in [0.1, 0.15) is 5.69 Å². The van der Waals surface area contributed by atoms with Crippen molar-refractivity contribution >= 4 is 11.6 Å². The lowest BCUT2D eigenvalue weighted by atomic mass is 10.1. The second-order valence-electron chi connectivity index (χ2n) is 4.37. The molecular weight excluding hydrogens is 262 g/mol. The highest BCUT2D eigenvalue weighted by molar-refractivity contribution is 6.06. The van der Waals surface area contributed by atoms with E-state index in [4.69, 9.17) is 1.41 Å². The van der Waals surface area contributed by atoms with Gasteiger partial charge in [-0.05, 0) is 12.1 Å². The zero-order valence-electron chi connectivity index (χ0n) is 12.2. The van der Waals surface area contributed by atoms with Gasteiger partial charge in [0.15, 0.2) is 7.11 Å². The molecule has 0 fully saturated rings. The minimum atomic E-state index is -0.516. The number of aromatic nitrogens is 2. The van der Waals surface area contributed by atoms with Crippen LogP contribution in [0.1, 0.15) is 10.5 Å². The van der Waals surface area contributed by atoms with E-state index in [9.17, 15) is 4.79 Å². The molecule has 0 atom stereocenters. The third-order valence-corrected chi connectivity index (χ3v) is 2.93. The molecule has 4 nitrogen and oxygen atoms in total. The van der Waals surface area contributed by atoms with Gasteiger partial charge >= 0.3 is 0 Å². The second-order valence-corrected chi connectivity index (χ2v) is 4.37. The fourth-order valence-corrected chi connectivity index (χ4v) is 1.97. The first-order chi connectivity index (χ1) is 10.8. The lowest BCUT2D eigenvalue weighted by molar-refractivity contribution is 0.102. The minimum absolute atomic E-state index is 0.160. The maximum absolute atomic E-state index is 12.6. The smallest absolute Gasteiger partial charge is 0.276 e. The van der Waals surface area contributed by atoms with Crippen LogP contribution in [0.4, 0.5) is 5.69 Å². The van der Waals surface area contributed by atoms with Gasteiger partial charge in [-0.15, -0.1) is 0 Å². The lowest BCUT2D eigenvalue weighted by Crippen LogP contribution is -2.15. The van der Waals surface area contributed by atoms with E-state index in [1.54, 1.807) is 24.3 Å². The summed E-state index contributed by atoms with van der Waals surface area (Å²) in [6, 6.07) is 18.1. The molecule has 2 aromatic carbocycles. The van der Waals surface area contributed by atoms with Gasteiger partial charge < -0.3 is 5.31 Å². The largest absolute Gasteiger partial charge is 0.321 e. The van der Waals surface area contributed by atoms with Crippen molar-refractivity contribution in [2.75, 3.05) is 5.31 Å². The van der Waals surface area contributed by atoms with E-state index in [1.807, 2.05) is 36.4 Å². The molecule has 0 radical (unpaired) electrons. The lowest BCUT2D eigenvalue weighted by Gasteiger charge is -2.08. The Morgan fingerprint density at radius 3 is 2.24 bits per heavy atom. The average Bonchev–Trinajstić information content (AvgIpc) is 2.62. The third kappa shape index (κ3) is 2.95. The maximum atomic E-state index is 12.6. The molecule has 21 heavy (non-hydrogen) atoms. The first-order valence-corrected chi connectivity index (χ1v) is 6.52. The van der Waals surface area contributed by atoms with E-state index < -0.39 is 5.91 Å². The minimum Gasteiger partial charge on any atom is -0.321 e. The first-order valence-electron chi connectivity index (χ1n) is 6.97. The van der Waals surface area contributed by atoms with Gasteiger partial charge in [0.05, 0.1) is 0 Å². The molecule has 0 aliphatic heterocycles. The summed E-state index contributed by atoms with van der Waals surface area (Å²) in [4.78, 5) is 21.0. The Balaban J connectivity index is 2.01. The van der Waals surface area contributed by atoms with Crippen molar-refractivity contribution in [2.45, 2.75) is 0 Å². The van der Waals surface area contributed by atoms with Gasteiger partial charge in [0.2, 0.25) is 0 Å². The predicted octanol–water partition coefficient (Wildman–Crippen LogP) is 3.40. The quantitative estimate of drug-likeness (QED) is 0.797. The van der Waals surface area contributed by atoms with Crippen molar-refractivity contribution in [1.29, 1.82) is 0 Å². The molecule has 1 amide bonds. The molecule has 0 bridgehead atoms. The summed E-state index contributed by atoms with van der Waals surface area (Å²) in [5.41, 5.74) is 1.91. The van der Waals surface area contributed by atoms with Crippen LogP contribution in [0.2, 0.25) is 1.41 Å². The van der Waals surface area contributed by atoms with E-state index in [0.717, 1.165) is 10.9 Å². The van der Waals surface area contributed by atoms with Crippen LogP contribution in [-0.4, -0.2) is 15.9 Å². The molecule has 4 heteroatoms. The van der Waals surface area contributed by atoms with Gasteiger partial charge in [-0.2, -0.15) is 0 Å². The number of hydrogen-bond donors (Lipinski definition) is 1. The van der Waals surface area contributed by atoms with E-state index >= 15 is 0 Å². The summed E-state index contributed by atoms with van der Waals surface area (Å²) in [5, 5.41) is 0.830. The first kappa shape index (κ1) is 11.8. The summed E-state index contributed by atoms with van der Waals surface area (Å²) in [6.07, 6.45) is 2.99. The Morgan fingerprint density at radius 2 is 1.52 bits per heavy atom. The number of hydrogen-bond acceptors (Lipinski definition) is 3. The van der Waals surface area contributed by atoms with Gasteiger partial charge in [0.25, 0.3) is 5.91 Å². The number of carbonyl (C=O) groups is 1.